The minimum absolute atomic E-state index is 0.0793. The molecule has 0 aliphatic carbocycles. The minimum atomic E-state index is -3.57. The average Bonchev–Trinajstić information content (AvgIpc) is 2.97. The van der Waals surface area contributed by atoms with Crippen molar-refractivity contribution in [1.29, 1.82) is 0 Å². The van der Waals surface area contributed by atoms with Crippen molar-refractivity contribution in [1.82, 2.24) is 19.2 Å². The number of hydrogen-bond acceptors (Lipinski definition) is 7. The van der Waals surface area contributed by atoms with Crippen molar-refractivity contribution < 1.29 is 13.2 Å². The summed E-state index contributed by atoms with van der Waals surface area (Å²) >= 11 is 0. The molecule has 0 amide bonds. The number of methoxy groups -OCH3 is 1. The molecule has 1 saturated heterocycles. The third-order valence-electron chi connectivity index (χ3n) is 7.35. The first-order chi connectivity index (χ1) is 18.8. The predicted octanol–water partition coefficient (Wildman–Crippen LogP) is 5.57. The molecule has 4 aromatic rings. The van der Waals surface area contributed by atoms with Gasteiger partial charge >= 0.3 is 0 Å². The summed E-state index contributed by atoms with van der Waals surface area (Å²) in [5, 5.41) is 4.45. The van der Waals surface area contributed by atoms with Crippen molar-refractivity contribution in [2.45, 2.75) is 37.6 Å². The maximum atomic E-state index is 13.2. The summed E-state index contributed by atoms with van der Waals surface area (Å²) in [5.41, 5.74) is 3.13. The van der Waals surface area contributed by atoms with Gasteiger partial charge in [-0.1, -0.05) is 38.1 Å². The molecule has 9 heteroatoms. The summed E-state index contributed by atoms with van der Waals surface area (Å²) in [6, 6.07) is 22.9. The zero-order valence-corrected chi connectivity index (χ0v) is 23.6. The summed E-state index contributed by atoms with van der Waals surface area (Å²) in [6.45, 7) is 8.43. The Balaban J connectivity index is 1.33. The number of sulfonamides is 1. The smallest absolute Gasteiger partial charge is 0.243 e. The van der Waals surface area contributed by atoms with Crippen LogP contribution in [0.1, 0.15) is 44.1 Å². The van der Waals surface area contributed by atoms with E-state index in [9.17, 15) is 8.42 Å². The summed E-state index contributed by atoms with van der Waals surface area (Å²) in [6.07, 6.45) is 0. The molecule has 0 unspecified atom stereocenters. The van der Waals surface area contributed by atoms with E-state index in [2.05, 4.69) is 55.3 Å². The molecule has 0 spiro atoms. The zero-order valence-electron chi connectivity index (χ0n) is 22.8. The Morgan fingerprint density at radius 2 is 1.51 bits per heavy atom. The Hall–Kier alpha value is -3.53. The normalized spacial score (nSPS) is 15.9. The number of ether oxygens (including phenoxy) is 1. The first-order valence-electron chi connectivity index (χ1n) is 13.3. The summed E-state index contributed by atoms with van der Waals surface area (Å²) in [7, 11) is -2.01. The molecular formula is C30H35N5O3S. The Morgan fingerprint density at radius 3 is 2.15 bits per heavy atom. The SMILES string of the molecule is COc1ccc(S(=O)(=O)N2CCN([C@H](C)c3nc(Nc4ccc(C(C)C)cc4)c4ccccc4n3)CC2)cc1. The number of piperazine rings is 1. The van der Waals surface area contributed by atoms with Gasteiger partial charge in [0.05, 0.1) is 23.6 Å². The predicted molar refractivity (Wildman–Crippen MR) is 155 cm³/mol. The number of rotatable bonds is 8. The summed E-state index contributed by atoms with van der Waals surface area (Å²) < 4.78 is 33.1. The maximum absolute atomic E-state index is 13.2. The molecule has 0 bridgehead atoms. The molecule has 3 aromatic carbocycles. The molecule has 1 aliphatic rings. The molecule has 1 atom stereocenters. The first kappa shape index (κ1) is 27.1. The fraction of sp³-hybridized carbons (Fsp3) is 0.333. The highest BCUT2D eigenvalue weighted by molar-refractivity contribution is 7.89. The van der Waals surface area contributed by atoms with Crippen molar-refractivity contribution in [3.63, 3.8) is 0 Å². The van der Waals surface area contributed by atoms with E-state index in [0.717, 1.165) is 22.4 Å². The van der Waals surface area contributed by atoms with Gasteiger partial charge in [0, 0.05) is 37.3 Å². The number of nitrogens with one attached hydrogen (secondary N) is 1. The van der Waals surface area contributed by atoms with E-state index in [1.165, 1.54) is 5.56 Å². The molecule has 1 aliphatic heterocycles. The van der Waals surface area contributed by atoms with Crippen LogP contribution in [0.15, 0.2) is 77.7 Å². The van der Waals surface area contributed by atoms with Crippen molar-refractivity contribution >= 4 is 32.4 Å². The van der Waals surface area contributed by atoms with E-state index in [0.29, 0.717) is 43.7 Å². The highest BCUT2D eigenvalue weighted by Gasteiger charge is 2.31. The maximum Gasteiger partial charge on any atom is 0.243 e. The fourth-order valence-corrected chi connectivity index (χ4v) is 6.28. The van der Waals surface area contributed by atoms with Crippen LogP contribution in [-0.2, 0) is 10.0 Å². The standard InChI is InChI=1S/C30H35N5O3S/c1-21(2)23-9-11-24(12-10-23)31-30-27-7-5-6-8-28(27)32-29(33-30)22(3)34-17-19-35(20-18-34)39(36,37)26-15-13-25(38-4)14-16-26/h5-16,21-22H,17-20H2,1-4H3,(H,31,32,33)/t22-/m1/s1. The fourth-order valence-electron chi connectivity index (χ4n) is 4.86. The van der Waals surface area contributed by atoms with Crippen LogP contribution in [0.2, 0.25) is 0 Å². The van der Waals surface area contributed by atoms with Crippen molar-refractivity contribution in [2.75, 3.05) is 38.6 Å². The van der Waals surface area contributed by atoms with Gasteiger partial charge in [-0.25, -0.2) is 18.4 Å². The lowest BCUT2D eigenvalue weighted by atomic mass is 10.0. The molecule has 5 rings (SSSR count). The van der Waals surface area contributed by atoms with E-state index in [1.807, 2.05) is 24.3 Å². The molecule has 1 N–H and O–H groups in total. The van der Waals surface area contributed by atoms with E-state index < -0.39 is 10.0 Å². The van der Waals surface area contributed by atoms with E-state index in [-0.39, 0.29) is 10.9 Å². The summed E-state index contributed by atoms with van der Waals surface area (Å²) in [4.78, 5) is 12.4. The van der Waals surface area contributed by atoms with Crippen LogP contribution in [0.5, 0.6) is 5.75 Å². The van der Waals surface area contributed by atoms with Gasteiger partial charge in [0.1, 0.15) is 17.4 Å². The van der Waals surface area contributed by atoms with Gasteiger partial charge in [-0.3, -0.25) is 4.90 Å². The minimum Gasteiger partial charge on any atom is -0.497 e. The van der Waals surface area contributed by atoms with Crippen molar-refractivity contribution in [2.24, 2.45) is 0 Å². The second-order valence-corrected chi connectivity index (χ2v) is 12.1. The molecule has 1 aromatic heterocycles. The number of aromatic nitrogens is 2. The lowest BCUT2D eigenvalue weighted by Gasteiger charge is -2.36. The van der Waals surface area contributed by atoms with Crippen LogP contribution >= 0.6 is 0 Å². The van der Waals surface area contributed by atoms with E-state index in [1.54, 1.807) is 35.7 Å². The van der Waals surface area contributed by atoms with Crippen LogP contribution in [0.3, 0.4) is 0 Å². The van der Waals surface area contributed by atoms with Crippen molar-refractivity contribution in [3.8, 4) is 5.75 Å². The van der Waals surface area contributed by atoms with Crippen LogP contribution < -0.4 is 10.1 Å². The Bertz CT molecular complexity index is 1530. The van der Waals surface area contributed by atoms with Gasteiger partial charge in [-0.2, -0.15) is 4.31 Å². The lowest BCUT2D eigenvalue weighted by molar-refractivity contribution is 0.141. The second-order valence-electron chi connectivity index (χ2n) is 10.1. The van der Waals surface area contributed by atoms with Gasteiger partial charge in [0.15, 0.2) is 0 Å². The highest BCUT2D eigenvalue weighted by atomic mass is 32.2. The monoisotopic (exact) mass is 545 g/mol. The zero-order chi connectivity index (χ0) is 27.6. The number of para-hydroxylation sites is 1. The Kier molecular flexibility index (Phi) is 7.83. The van der Waals surface area contributed by atoms with E-state index >= 15 is 0 Å². The van der Waals surface area contributed by atoms with Crippen molar-refractivity contribution in [3.05, 3.63) is 84.2 Å². The largest absolute Gasteiger partial charge is 0.497 e. The molecular weight excluding hydrogens is 510 g/mol. The third kappa shape index (κ3) is 5.75. The molecule has 204 valence electrons. The van der Waals surface area contributed by atoms with Crippen LogP contribution in [0.4, 0.5) is 11.5 Å². The quantitative estimate of drug-likeness (QED) is 0.310. The molecule has 1 fully saturated rings. The molecule has 2 heterocycles. The topological polar surface area (TPSA) is 87.7 Å². The summed E-state index contributed by atoms with van der Waals surface area (Å²) in [5.74, 6) is 2.57. The number of benzene rings is 3. The highest BCUT2D eigenvalue weighted by Crippen LogP contribution is 2.29. The third-order valence-corrected chi connectivity index (χ3v) is 9.27. The van der Waals surface area contributed by atoms with Crippen LogP contribution in [-0.4, -0.2) is 60.9 Å². The molecule has 39 heavy (non-hydrogen) atoms. The van der Waals surface area contributed by atoms with Gasteiger partial charge in [-0.15, -0.1) is 0 Å². The Morgan fingerprint density at radius 1 is 0.846 bits per heavy atom. The van der Waals surface area contributed by atoms with Crippen LogP contribution in [0, 0.1) is 0 Å². The number of anilines is 2. The van der Waals surface area contributed by atoms with Gasteiger partial charge in [-0.05, 0) is 66.9 Å². The molecule has 0 radical (unpaired) electrons. The second kappa shape index (κ2) is 11.3. The van der Waals surface area contributed by atoms with E-state index in [4.69, 9.17) is 14.7 Å². The number of nitrogens with zero attached hydrogens (tertiary/aromatic N) is 4. The van der Waals surface area contributed by atoms with Gasteiger partial charge in [0.25, 0.3) is 0 Å². The van der Waals surface area contributed by atoms with Gasteiger partial charge in [0.2, 0.25) is 10.0 Å². The first-order valence-corrected chi connectivity index (χ1v) is 14.7. The average molecular weight is 546 g/mol. The Labute approximate surface area is 230 Å². The number of fused-ring (bicyclic) bond motifs is 1. The molecule has 0 saturated carbocycles. The molecule has 8 nitrogen and oxygen atoms in total. The number of hydrogen-bond donors (Lipinski definition) is 1. The van der Waals surface area contributed by atoms with Crippen LogP contribution in [0.25, 0.3) is 10.9 Å². The van der Waals surface area contributed by atoms with Gasteiger partial charge < -0.3 is 10.1 Å². The lowest BCUT2D eigenvalue weighted by Crippen LogP contribution is -2.49.